The van der Waals surface area contributed by atoms with E-state index in [4.69, 9.17) is 19.2 Å². The molecule has 0 N–H and O–H groups in total. The van der Waals surface area contributed by atoms with Crippen LogP contribution in [0.5, 0.6) is 11.5 Å². The topological polar surface area (TPSA) is 92.0 Å². The number of hydrogen-bond donors (Lipinski definition) is 0. The first-order valence-corrected chi connectivity index (χ1v) is 12.8. The average Bonchev–Trinajstić information content (AvgIpc) is 2.84. The van der Waals surface area contributed by atoms with E-state index < -0.39 is 12.1 Å². The van der Waals surface area contributed by atoms with Crippen molar-refractivity contribution in [3.8, 4) is 11.5 Å². The third-order valence-corrected chi connectivity index (χ3v) is 6.58. The van der Waals surface area contributed by atoms with E-state index in [9.17, 15) is 9.59 Å². The number of methoxy groups -OCH3 is 1. The van der Waals surface area contributed by atoms with Crippen LogP contribution in [-0.4, -0.2) is 41.7 Å². The molecule has 35 heavy (non-hydrogen) atoms. The molecule has 0 amide bonds. The van der Waals surface area contributed by atoms with Crippen LogP contribution in [0.3, 0.4) is 0 Å². The van der Waals surface area contributed by atoms with Crippen LogP contribution in [0.25, 0.3) is 10.9 Å². The second kappa shape index (κ2) is 11.8. The van der Waals surface area contributed by atoms with E-state index in [0.29, 0.717) is 44.9 Å². The fourth-order valence-corrected chi connectivity index (χ4v) is 4.10. The summed E-state index contributed by atoms with van der Waals surface area (Å²) in [4.78, 5) is 29.9. The number of nitrogens with zero attached hydrogens (tertiary/aromatic N) is 3. The molecule has 0 spiro atoms. The Kier molecular flexibility index (Phi) is 9.07. The molecule has 0 radical (unpaired) electrons. The third kappa shape index (κ3) is 6.10. The zero-order chi connectivity index (χ0) is 25.7. The Balaban J connectivity index is 2.09. The van der Waals surface area contributed by atoms with Crippen LogP contribution in [0.4, 0.5) is 0 Å². The molecule has 0 bridgehead atoms. The predicted octanol–water partition coefficient (Wildman–Crippen LogP) is 5.66. The first-order valence-electron chi connectivity index (χ1n) is 11.2. The summed E-state index contributed by atoms with van der Waals surface area (Å²) in [6, 6.07) is 8.85. The Morgan fingerprint density at radius 2 is 1.91 bits per heavy atom. The summed E-state index contributed by atoms with van der Waals surface area (Å²) < 4.78 is 19.0. The smallest absolute Gasteiger partial charge is 0.346 e. The fraction of sp³-hybridized carbons (Fsp3) is 0.360. The number of fused-ring (bicyclic) bond motifs is 1. The lowest BCUT2D eigenvalue weighted by Gasteiger charge is -2.17. The minimum absolute atomic E-state index is 0.0194. The molecule has 2 aromatic carbocycles. The summed E-state index contributed by atoms with van der Waals surface area (Å²) in [5.74, 6) is 0.913. The Labute approximate surface area is 220 Å². The van der Waals surface area contributed by atoms with Gasteiger partial charge in [0.1, 0.15) is 5.82 Å². The molecule has 2 atom stereocenters. The van der Waals surface area contributed by atoms with Crippen LogP contribution >= 0.6 is 31.9 Å². The minimum atomic E-state index is -0.815. The average molecular weight is 609 g/mol. The van der Waals surface area contributed by atoms with Gasteiger partial charge in [0.15, 0.2) is 17.6 Å². The molecule has 0 saturated carbocycles. The van der Waals surface area contributed by atoms with E-state index in [0.717, 1.165) is 10.9 Å². The number of esters is 1. The number of rotatable bonds is 9. The van der Waals surface area contributed by atoms with Gasteiger partial charge in [0, 0.05) is 20.4 Å². The maximum atomic E-state index is 13.4. The van der Waals surface area contributed by atoms with Crippen molar-refractivity contribution in [1.82, 2.24) is 9.66 Å². The summed E-state index contributed by atoms with van der Waals surface area (Å²) in [5.41, 5.74) is 1.03. The summed E-state index contributed by atoms with van der Waals surface area (Å²) in [7, 11) is 1.30. The monoisotopic (exact) mass is 607 g/mol. The van der Waals surface area contributed by atoms with Gasteiger partial charge in [-0.05, 0) is 66.5 Å². The standard InChI is InChI=1S/C25H27Br2N3O5/c1-6-14(3)23-29-20-9-8-17(26)11-18(20)24(31)30(23)28-13-16-10-21(34-7-2)22(12-19(16)27)35-15(4)25(32)33-5/h8-15H,6-7H2,1-5H3/t14-,15-/m0/s1. The van der Waals surface area contributed by atoms with E-state index in [1.165, 1.54) is 11.8 Å². The molecule has 8 nitrogen and oxygen atoms in total. The maximum Gasteiger partial charge on any atom is 0.346 e. The van der Waals surface area contributed by atoms with Gasteiger partial charge in [-0.25, -0.2) is 9.78 Å². The van der Waals surface area contributed by atoms with Crippen molar-refractivity contribution >= 4 is 54.9 Å². The molecule has 186 valence electrons. The maximum absolute atomic E-state index is 13.4. The van der Waals surface area contributed by atoms with Crippen LogP contribution in [0.15, 0.2) is 49.2 Å². The summed E-state index contributed by atoms with van der Waals surface area (Å²) in [6.45, 7) is 7.88. The first-order chi connectivity index (χ1) is 16.7. The highest BCUT2D eigenvalue weighted by molar-refractivity contribution is 9.10. The van der Waals surface area contributed by atoms with Gasteiger partial charge in [0.05, 0.1) is 30.8 Å². The van der Waals surface area contributed by atoms with Gasteiger partial charge in [-0.1, -0.05) is 29.8 Å². The van der Waals surface area contributed by atoms with Crippen LogP contribution in [0.1, 0.15) is 51.4 Å². The van der Waals surface area contributed by atoms with Crippen molar-refractivity contribution in [1.29, 1.82) is 0 Å². The normalized spacial score (nSPS) is 13.1. The lowest BCUT2D eigenvalue weighted by Crippen LogP contribution is -2.25. The van der Waals surface area contributed by atoms with Crippen molar-refractivity contribution in [3.63, 3.8) is 0 Å². The number of halogens is 2. The third-order valence-electron chi connectivity index (χ3n) is 5.40. The van der Waals surface area contributed by atoms with Crippen LogP contribution in [0.2, 0.25) is 0 Å². The number of carbonyl (C=O) groups excluding carboxylic acids is 1. The zero-order valence-corrected chi connectivity index (χ0v) is 23.3. The number of carbonyl (C=O) groups is 1. The van der Waals surface area contributed by atoms with Gasteiger partial charge in [0.25, 0.3) is 5.56 Å². The van der Waals surface area contributed by atoms with E-state index >= 15 is 0 Å². The molecule has 0 aliphatic rings. The minimum Gasteiger partial charge on any atom is -0.490 e. The molecule has 10 heteroatoms. The summed E-state index contributed by atoms with van der Waals surface area (Å²) in [6.07, 6.45) is 1.55. The highest BCUT2D eigenvalue weighted by Gasteiger charge is 2.19. The molecule has 0 fully saturated rings. The molecule has 0 saturated heterocycles. The van der Waals surface area contributed by atoms with Gasteiger partial charge in [0.2, 0.25) is 0 Å². The zero-order valence-electron chi connectivity index (χ0n) is 20.2. The number of aromatic nitrogens is 2. The van der Waals surface area contributed by atoms with Crippen LogP contribution < -0.4 is 15.0 Å². The molecule has 3 rings (SSSR count). The van der Waals surface area contributed by atoms with Crippen LogP contribution in [-0.2, 0) is 9.53 Å². The molecule has 0 aliphatic heterocycles. The van der Waals surface area contributed by atoms with E-state index in [2.05, 4.69) is 37.0 Å². The van der Waals surface area contributed by atoms with Crippen molar-refractivity contribution in [2.45, 2.75) is 46.1 Å². The molecule has 1 aromatic heterocycles. The van der Waals surface area contributed by atoms with E-state index in [1.807, 2.05) is 32.9 Å². The highest BCUT2D eigenvalue weighted by Crippen LogP contribution is 2.34. The number of ether oxygens (including phenoxy) is 3. The largest absolute Gasteiger partial charge is 0.490 e. The molecular weight excluding hydrogens is 582 g/mol. The fourth-order valence-electron chi connectivity index (χ4n) is 3.31. The highest BCUT2D eigenvalue weighted by atomic mass is 79.9. The second-order valence-corrected chi connectivity index (χ2v) is 9.61. The van der Waals surface area contributed by atoms with Gasteiger partial charge in [-0.2, -0.15) is 9.78 Å². The number of benzene rings is 2. The predicted molar refractivity (Wildman–Crippen MR) is 143 cm³/mol. The molecule has 3 aromatic rings. The Morgan fingerprint density at radius 1 is 1.17 bits per heavy atom. The van der Waals surface area contributed by atoms with E-state index in [1.54, 1.807) is 31.3 Å². The van der Waals surface area contributed by atoms with Gasteiger partial charge in [-0.3, -0.25) is 4.79 Å². The molecular formula is C25H27Br2N3O5. The lowest BCUT2D eigenvalue weighted by molar-refractivity contribution is -0.147. The summed E-state index contributed by atoms with van der Waals surface area (Å²) >= 11 is 6.95. The lowest BCUT2D eigenvalue weighted by atomic mass is 10.1. The SMILES string of the molecule is CCOc1cc(C=Nn2c([C@@H](C)CC)nc3ccc(Br)cc3c2=O)c(Br)cc1O[C@@H](C)C(=O)OC. The Bertz CT molecular complexity index is 1320. The molecule has 1 heterocycles. The van der Waals surface area contributed by atoms with Crippen molar-refractivity contribution in [3.05, 3.63) is 61.0 Å². The quantitative estimate of drug-likeness (QED) is 0.230. The van der Waals surface area contributed by atoms with Gasteiger partial charge in [-0.15, -0.1) is 0 Å². The molecule has 0 aliphatic carbocycles. The van der Waals surface area contributed by atoms with Crippen molar-refractivity contribution < 1.29 is 19.0 Å². The van der Waals surface area contributed by atoms with Crippen LogP contribution in [0, 0.1) is 0 Å². The number of hydrogen-bond acceptors (Lipinski definition) is 7. The van der Waals surface area contributed by atoms with Crippen molar-refractivity contribution in [2.75, 3.05) is 13.7 Å². The molecule has 0 unspecified atom stereocenters. The van der Waals surface area contributed by atoms with E-state index in [-0.39, 0.29) is 11.5 Å². The summed E-state index contributed by atoms with van der Waals surface area (Å²) in [5, 5.41) is 4.99. The Morgan fingerprint density at radius 3 is 2.57 bits per heavy atom. The van der Waals surface area contributed by atoms with Gasteiger partial charge >= 0.3 is 5.97 Å². The van der Waals surface area contributed by atoms with Gasteiger partial charge < -0.3 is 14.2 Å². The first kappa shape index (κ1) is 26.9. The van der Waals surface area contributed by atoms with Crippen molar-refractivity contribution in [2.24, 2.45) is 5.10 Å². The second-order valence-electron chi connectivity index (χ2n) is 7.84. The Hall–Kier alpha value is -2.72.